The summed E-state index contributed by atoms with van der Waals surface area (Å²) in [6.07, 6.45) is 16.0. The predicted octanol–water partition coefficient (Wildman–Crippen LogP) is 7.69. The van der Waals surface area contributed by atoms with E-state index in [4.69, 9.17) is 4.74 Å². The number of esters is 1. The second-order valence-electron chi connectivity index (χ2n) is 7.85. The first-order chi connectivity index (χ1) is 15.8. The maximum Gasteiger partial charge on any atom is 0.330 e. The van der Waals surface area contributed by atoms with Gasteiger partial charge in [0.05, 0.1) is 11.5 Å². The van der Waals surface area contributed by atoms with Crippen molar-refractivity contribution in [2.24, 2.45) is 0 Å². The molecule has 0 saturated heterocycles. The van der Waals surface area contributed by atoms with Crippen LogP contribution in [0.25, 0.3) is 6.08 Å². The summed E-state index contributed by atoms with van der Waals surface area (Å²) in [4.78, 5) is 12.5. The van der Waals surface area contributed by atoms with E-state index in [2.05, 4.69) is 46.8 Å². The molecule has 1 aromatic carbocycles. The van der Waals surface area contributed by atoms with Crippen LogP contribution in [-0.2, 0) is 9.53 Å². The van der Waals surface area contributed by atoms with Crippen molar-refractivity contribution in [3.05, 3.63) is 58.3 Å². The van der Waals surface area contributed by atoms with Gasteiger partial charge in [0.2, 0.25) is 0 Å². The lowest BCUT2D eigenvalue weighted by atomic mass is 10.1. The van der Waals surface area contributed by atoms with Crippen molar-refractivity contribution in [2.45, 2.75) is 71.1 Å². The van der Waals surface area contributed by atoms with Gasteiger partial charge in [-0.2, -0.15) is 0 Å². The van der Waals surface area contributed by atoms with E-state index in [1.165, 1.54) is 68.7 Å². The first kappa shape index (κ1) is 25.7. The molecule has 0 spiro atoms. The van der Waals surface area contributed by atoms with Crippen molar-refractivity contribution in [1.82, 2.24) is 0 Å². The smallest absolute Gasteiger partial charge is 0.330 e. The highest BCUT2D eigenvalue weighted by Crippen LogP contribution is 2.13. The third-order valence-corrected chi connectivity index (χ3v) is 5.93. The van der Waals surface area contributed by atoms with E-state index in [1.807, 2.05) is 12.1 Å². The predicted molar refractivity (Wildman–Crippen MR) is 138 cm³/mol. The van der Waals surface area contributed by atoms with Gasteiger partial charge in [-0.1, -0.05) is 75.0 Å². The van der Waals surface area contributed by atoms with Crippen molar-refractivity contribution >= 4 is 29.1 Å². The minimum Gasteiger partial charge on any atom is -0.463 e. The topological polar surface area (TPSA) is 38.3 Å². The van der Waals surface area contributed by atoms with Crippen LogP contribution in [0, 0.1) is 11.8 Å². The lowest BCUT2D eigenvalue weighted by Crippen LogP contribution is -2.01. The average molecular weight is 452 g/mol. The SMILES string of the molecule is CCOC(=O)/C=C/c1ccc(NCCCCCCCCCCCC#Cc2cccs2)cc1. The van der Waals surface area contributed by atoms with Crippen LogP contribution in [-0.4, -0.2) is 19.1 Å². The zero-order valence-corrected chi connectivity index (χ0v) is 20.2. The number of carbonyl (C=O) groups is 1. The van der Waals surface area contributed by atoms with Crippen LogP contribution in [0.1, 0.15) is 81.6 Å². The quantitative estimate of drug-likeness (QED) is 0.131. The number of hydrogen-bond donors (Lipinski definition) is 1. The standard InChI is InChI=1S/C28H37NO2S/c1-2-31-28(30)22-19-25-17-20-26(21-18-25)29-23-13-11-9-7-5-3-4-6-8-10-12-15-27-16-14-24-32-27/h14,16-22,24,29H,2-11,13,23H2,1H3/b22-19+. The molecule has 3 nitrogen and oxygen atoms in total. The lowest BCUT2D eigenvalue weighted by molar-refractivity contribution is -0.137. The minimum absolute atomic E-state index is 0.301. The molecular formula is C28H37NO2S. The fourth-order valence-electron chi connectivity index (χ4n) is 3.37. The Morgan fingerprint density at radius 1 is 0.969 bits per heavy atom. The Balaban J connectivity index is 1.39. The third kappa shape index (κ3) is 12.4. The molecule has 0 aliphatic heterocycles. The molecular weight excluding hydrogens is 414 g/mol. The maximum atomic E-state index is 11.3. The number of nitrogens with one attached hydrogen (secondary N) is 1. The van der Waals surface area contributed by atoms with Crippen molar-refractivity contribution in [1.29, 1.82) is 0 Å². The van der Waals surface area contributed by atoms with E-state index in [0.717, 1.165) is 24.2 Å². The van der Waals surface area contributed by atoms with Crippen molar-refractivity contribution < 1.29 is 9.53 Å². The largest absolute Gasteiger partial charge is 0.463 e. The van der Waals surface area contributed by atoms with Crippen molar-refractivity contribution in [3.8, 4) is 11.8 Å². The van der Waals surface area contributed by atoms with Crippen LogP contribution in [0.3, 0.4) is 0 Å². The van der Waals surface area contributed by atoms with Crippen LogP contribution in [0.4, 0.5) is 5.69 Å². The van der Waals surface area contributed by atoms with Gasteiger partial charge >= 0.3 is 5.97 Å². The highest BCUT2D eigenvalue weighted by molar-refractivity contribution is 7.10. The molecule has 0 fully saturated rings. The van der Waals surface area contributed by atoms with E-state index >= 15 is 0 Å². The normalized spacial score (nSPS) is 10.7. The van der Waals surface area contributed by atoms with Gasteiger partial charge < -0.3 is 10.1 Å². The monoisotopic (exact) mass is 451 g/mol. The van der Waals surface area contributed by atoms with Gasteiger partial charge in [-0.05, 0) is 55.0 Å². The number of ether oxygens (including phenoxy) is 1. The second kappa shape index (κ2) is 17.1. The second-order valence-corrected chi connectivity index (χ2v) is 8.79. The first-order valence-electron chi connectivity index (χ1n) is 12.0. The van der Waals surface area contributed by atoms with Crippen molar-refractivity contribution in [3.63, 3.8) is 0 Å². The molecule has 2 aromatic rings. The summed E-state index contributed by atoms with van der Waals surface area (Å²) < 4.78 is 4.89. The number of rotatable bonds is 15. The van der Waals surface area contributed by atoms with Crippen molar-refractivity contribution in [2.75, 3.05) is 18.5 Å². The number of hydrogen-bond acceptors (Lipinski definition) is 4. The Morgan fingerprint density at radius 2 is 1.66 bits per heavy atom. The van der Waals surface area contributed by atoms with E-state index in [1.54, 1.807) is 24.3 Å². The molecule has 0 aliphatic carbocycles. The number of unbranched alkanes of at least 4 members (excludes halogenated alkanes) is 9. The minimum atomic E-state index is -0.301. The molecule has 0 aliphatic rings. The summed E-state index contributed by atoms with van der Waals surface area (Å²) in [7, 11) is 0. The first-order valence-corrected chi connectivity index (χ1v) is 12.9. The van der Waals surface area contributed by atoms with Gasteiger partial charge in [0.15, 0.2) is 0 Å². The molecule has 1 aromatic heterocycles. The van der Waals surface area contributed by atoms with Crippen LogP contribution in [0.2, 0.25) is 0 Å². The molecule has 0 saturated carbocycles. The molecule has 0 radical (unpaired) electrons. The Labute approximate surface area is 198 Å². The van der Waals surface area contributed by atoms with E-state index in [-0.39, 0.29) is 5.97 Å². The number of carbonyl (C=O) groups excluding carboxylic acids is 1. The number of anilines is 1. The summed E-state index contributed by atoms with van der Waals surface area (Å²) >= 11 is 1.72. The Kier molecular flexibility index (Phi) is 13.8. The molecule has 1 heterocycles. The summed E-state index contributed by atoms with van der Waals surface area (Å²) in [6, 6.07) is 12.3. The van der Waals surface area contributed by atoms with Gasteiger partial charge in [-0.25, -0.2) is 4.79 Å². The number of benzene rings is 1. The fraction of sp³-hybridized carbons (Fsp3) is 0.464. The molecule has 0 atom stereocenters. The van der Waals surface area contributed by atoms with Gasteiger partial charge in [-0.15, -0.1) is 11.3 Å². The van der Waals surface area contributed by atoms with Gasteiger partial charge in [0.25, 0.3) is 0 Å². The van der Waals surface area contributed by atoms with E-state index in [0.29, 0.717) is 6.61 Å². The molecule has 0 unspecified atom stereocenters. The summed E-state index contributed by atoms with van der Waals surface area (Å²) in [5.41, 5.74) is 2.12. The molecule has 172 valence electrons. The maximum absolute atomic E-state index is 11.3. The van der Waals surface area contributed by atoms with Crippen LogP contribution >= 0.6 is 11.3 Å². The molecule has 1 N–H and O–H groups in total. The Morgan fingerprint density at radius 3 is 2.31 bits per heavy atom. The zero-order chi connectivity index (χ0) is 22.7. The van der Waals surface area contributed by atoms with Gasteiger partial charge in [0, 0.05) is 24.7 Å². The average Bonchev–Trinajstić information content (AvgIpc) is 3.32. The molecule has 0 bridgehead atoms. The number of thiophene rings is 1. The van der Waals surface area contributed by atoms with Crippen LogP contribution < -0.4 is 5.32 Å². The molecule has 2 rings (SSSR count). The molecule has 0 amide bonds. The lowest BCUT2D eigenvalue weighted by Gasteiger charge is -2.07. The highest BCUT2D eigenvalue weighted by Gasteiger charge is 1.96. The summed E-state index contributed by atoms with van der Waals surface area (Å²) in [5, 5.41) is 5.55. The Bertz CT molecular complexity index is 829. The summed E-state index contributed by atoms with van der Waals surface area (Å²) in [5.74, 6) is 6.21. The Hall–Kier alpha value is -2.51. The molecule has 32 heavy (non-hydrogen) atoms. The van der Waals surface area contributed by atoms with Gasteiger partial charge in [-0.3, -0.25) is 0 Å². The van der Waals surface area contributed by atoms with Crippen LogP contribution in [0.5, 0.6) is 0 Å². The van der Waals surface area contributed by atoms with E-state index < -0.39 is 0 Å². The van der Waals surface area contributed by atoms with Crippen LogP contribution in [0.15, 0.2) is 47.9 Å². The zero-order valence-electron chi connectivity index (χ0n) is 19.4. The molecule has 4 heteroatoms. The third-order valence-electron chi connectivity index (χ3n) is 5.15. The summed E-state index contributed by atoms with van der Waals surface area (Å²) in [6.45, 7) is 3.21. The van der Waals surface area contributed by atoms with Gasteiger partial charge in [0.1, 0.15) is 0 Å². The highest BCUT2D eigenvalue weighted by atomic mass is 32.1. The fourth-order valence-corrected chi connectivity index (χ4v) is 3.97. The van der Waals surface area contributed by atoms with E-state index in [9.17, 15) is 4.79 Å².